The first-order valence-corrected chi connectivity index (χ1v) is 15.1. The van der Waals surface area contributed by atoms with Crippen LogP contribution in [-0.2, 0) is 14.3 Å². The molecule has 5 nitrogen and oxygen atoms in total. The van der Waals surface area contributed by atoms with Gasteiger partial charge in [0.25, 0.3) is 0 Å². The average Bonchev–Trinajstić information content (AvgIpc) is 3.55. The number of hydrogen-bond donors (Lipinski definition) is 0. The maximum Gasteiger partial charge on any atom is 0.310 e. The fourth-order valence-electron chi connectivity index (χ4n) is 10.7. The number of piperidine rings is 3. The van der Waals surface area contributed by atoms with E-state index in [1.54, 1.807) is 5.57 Å². The first kappa shape index (κ1) is 22.1. The van der Waals surface area contributed by atoms with E-state index in [-0.39, 0.29) is 29.0 Å². The third-order valence-electron chi connectivity index (χ3n) is 12.3. The molecule has 0 radical (unpaired) electrons. The second-order valence-corrected chi connectivity index (χ2v) is 14.1. The molecule has 5 heteroatoms. The third kappa shape index (κ3) is 3.32. The van der Waals surface area contributed by atoms with Crippen LogP contribution in [0.15, 0.2) is 11.6 Å². The number of rotatable bonds is 2. The monoisotopic (exact) mass is 480 g/mol. The Bertz CT molecular complexity index is 929. The summed E-state index contributed by atoms with van der Waals surface area (Å²) in [5.74, 6) is 2.70. The lowest BCUT2D eigenvalue weighted by Gasteiger charge is -2.55. The van der Waals surface area contributed by atoms with Crippen LogP contribution in [0.25, 0.3) is 0 Å². The zero-order valence-corrected chi connectivity index (χ0v) is 21.6. The Hall–Kier alpha value is -0.910. The summed E-state index contributed by atoms with van der Waals surface area (Å²) in [6.45, 7) is 8.07. The minimum Gasteiger partial charge on any atom is -0.462 e. The van der Waals surface area contributed by atoms with Crippen molar-refractivity contribution < 1.29 is 14.3 Å². The first-order valence-electron chi connectivity index (χ1n) is 15.1. The van der Waals surface area contributed by atoms with Crippen LogP contribution in [-0.4, -0.2) is 72.3 Å². The fraction of sp³-hybridized carbons (Fsp3) is 0.900. The number of carbonyl (C=O) groups excluding carboxylic acids is 1. The lowest BCUT2D eigenvalue weighted by molar-refractivity contribution is -0.147. The quantitative estimate of drug-likeness (QED) is 0.333. The molecule has 5 heterocycles. The molecule has 3 aliphatic carbocycles. The standard InChI is InChI=1S/C30H44N2O3/c1-29-8-5-9-30(18-34-30)26(29)14-22-23(28(33)35-25(22)15-29)17-32-11-4-6-19-12-20-13-21(27(19)32)16-31-10-3-2-7-24(20)31/h12,20-27H,2-11,13-18H2,1H3/t20-,21-,22+,23-,24+,25+,26+,27+,29+,30-/m0/s1. The summed E-state index contributed by atoms with van der Waals surface area (Å²) >= 11 is 0. The number of carbonyl (C=O) groups is 1. The van der Waals surface area contributed by atoms with Gasteiger partial charge in [-0.15, -0.1) is 0 Å². The number of hydrogen-bond acceptors (Lipinski definition) is 5. The highest BCUT2D eigenvalue weighted by Gasteiger charge is 2.65. The summed E-state index contributed by atoms with van der Waals surface area (Å²) in [5, 5.41) is 0. The largest absolute Gasteiger partial charge is 0.462 e. The summed E-state index contributed by atoms with van der Waals surface area (Å²) < 4.78 is 12.3. The van der Waals surface area contributed by atoms with Crippen LogP contribution in [0.5, 0.6) is 0 Å². The van der Waals surface area contributed by atoms with Gasteiger partial charge in [-0.05, 0) is 100 Å². The van der Waals surface area contributed by atoms with E-state index in [9.17, 15) is 4.79 Å². The topological polar surface area (TPSA) is 45.3 Å². The first-order chi connectivity index (χ1) is 17.0. The van der Waals surface area contributed by atoms with Crippen molar-refractivity contribution in [2.24, 2.45) is 35.0 Å². The van der Waals surface area contributed by atoms with E-state index in [2.05, 4.69) is 22.8 Å². The SMILES string of the molecule is C[C@]12CCC[C@]3(CO3)[C@@H]1C[C@@H]1[C@H](CN3CCCC4=C[C@H]5C[C@@H](CN6CCCC[C@H]56)[C@@H]43)C(=O)O[C@@H]1C2. The smallest absolute Gasteiger partial charge is 0.310 e. The van der Waals surface area contributed by atoms with Gasteiger partial charge < -0.3 is 9.47 Å². The van der Waals surface area contributed by atoms with Crippen molar-refractivity contribution >= 4 is 5.97 Å². The molecule has 7 fully saturated rings. The summed E-state index contributed by atoms with van der Waals surface area (Å²) in [4.78, 5) is 19.0. The molecule has 2 bridgehead atoms. The van der Waals surface area contributed by atoms with Crippen molar-refractivity contribution in [1.29, 1.82) is 0 Å². The number of epoxide rings is 1. The molecule has 0 aromatic carbocycles. The van der Waals surface area contributed by atoms with E-state index in [1.165, 1.54) is 70.9 Å². The zero-order valence-electron chi connectivity index (χ0n) is 21.6. The zero-order chi connectivity index (χ0) is 23.4. The molecule has 0 aromatic rings. The molecule has 0 amide bonds. The van der Waals surface area contributed by atoms with Gasteiger partial charge in [0.15, 0.2) is 0 Å². The molecule has 0 aromatic heterocycles. The van der Waals surface area contributed by atoms with Gasteiger partial charge in [-0.3, -0.25) is 14.6 Å². The molecule has 2 saturated carbocycles. The maximum atomic E-state index is 13.4. The van der Waals surface area contributed by atoms with E-state index in [0.717, 1.165) is 50.4 Å². The van der Waals surface area contributed by atoms with E-state index in [1.807, 2.05) is 0 Å². The van der Waals surface area contributed by atoms with Crippen molar-refractivity contribution in [2.75, 3.05) is 32.8 Å². The van der Waals surface area contributed by atoms with Crippen LogP contribution >= 0.6 is 0 Å². The predicted molar refractivity (Wildman–Crippen MR) is 134 cm³/mol. The number of fused-ring (bicyclic) bond motifs is 9. The number of esters is 1. The number of likely N-dealkylation sites (tertiary alicyclic amines) is 1. The second kappa shape index (κ2) is 7.80. The van der Waals surface area contributed by atoms with Crippen LogP contribution in [0.4, 0.5) is 0 Å². The summed E-state index contributed by atoms with van der Waals surface area (Å²) in [6, 6.07) is 1.37. The van der Waals surface area contributed by atoms with Crippen molar-refractivity contribution in [3.8, 4) is 0 Å². The van der Waals surface area contributed by atoms with Crippen molar-refractivity contribution in [1.82, 2.24) is 9.80 Å². The number of ether oxygens (including phenoxy) is 2. The minimum atomic E-state index is 0.0608. The van der Waals surface area contributed by atoms with Gasteiger partial charge in [0.1, 0.15) is 6.10 Å². The Labute approximate surface area is 210 Å². The Morgan fingerprint density at radius 2 is 2.03 bits per heavy atom. The van der Waals surface area contributed by atoms with Crippen molar-refractivity contribution in [3.05, 3.63) is 11.6 Å². The van der Waals surface area contributed by atoms with Crippen LogP contribution in [0, 0.1) is 35.0 Å². The normalized spacial score (nSPS) is 53.2. The maximum absolute atomic E-state index is 13.4. The highest BCUT2D eigenvalue weighted by Crippen LogP contribution is 2.63. The molecule has 8 aliphatic rings. The lowest BCUT2D eigenvalue weighted by Crippen LogP contribution is -2.60. The van der Waals surface area contributed by atoms with E-state index >= 15 is 0 Å². The van der Waals surface area contributed by atoms with E-state index in [0.29, 0.717) is 17.9 Å². The molecule has 0 unspecified atom stereocenters. The molecule has 1 spiro atoms. The highest BCUT2D eigenvalue weighted by atomic mass is 16.6. The van der Waals surface area contributed by atoms with Gasteiger partial charge in [0.2, 0.25) is 0 Å². The van der Waals surface area contributed by atoms with E-state index < -0.39 is 0 Å². The molecular formula is C30H44N2O3. The second-order valence-electron chi connectivity index (χ2n) is 14.1. The summed E-state index contributed by atoms with van der Waals surface area (Å²) in [6.07, 6.45) is 16.9. The van der Waals surface area contributed by atoms with Crippen molar-refractivity contribution in [2.45, 2.75) is 101 Å². The molecule has 35 heavy (non-hydrogen) atoms. The lowest BCUT2D eigenvalue weighted by atomic mass is 9.53. The summed E-state index contributed by atoms with van der Waals surface area (Å²) in [5.41, 5.74) is 2.15. The molecule has 192 valence electrons. The van der Waals surface area contributed by atoms with Gasteiger partial charge in [-0.2, -0.15) is 0 Å². The van der Waals surface area contributed by atoms with Gasteiger partial charge in [0, 0.05) is 31.1 Å². The predicted octanol–water partition coefficient (Wildman–Crippen LogP) is 4.41. The fourth-order valence-corrected chi connectivity index (χ4v) is 10.7. The van der Waals surface area contributed by atoms with Crippen LogP contribution in [0.3, 0.4) is 0 Å². The van der Waals surface area contributed by atoms with Crippen molar-refractivity contribution in [3.63, 3.8) is 0 Å². The Kier molecular flexibility index (Phi) is 4.93. The molecule has 5 saturated heterocycles. The van der Waals surface area contributed by atoms with E-state index in [4.69, 9.17) is 9.47 Å². The number of nitrogens with zero attached hydrogens (tertiary/aromatic N) is 2. The van der Waals surface area contributed by atoms with Gasteiger partial charge in [0.05, 0.1) is 18.1 Å². The summed E-state index contributed by atoms with van der Waals surface area (Å²) in [7, 11) is 0. The van der Waals surface area contributed by atoms with Crippen LogP contribution in [0.2, 0.25) is 0 Å². The Morgan fingerprint density at radius 1 is 1.11 bits per heavy atom. The molecule has 5 aliphatic heterocycles. The molecular weight excluding hydrogens is 436 g/mol. The van der Waals surface area contributed by atoms with Crippen LogP contribution < -0.4 is 0 Å². The average molecular weight is 481 g/mol. The van der Waals surface area contributed by atoms with Gasteiger partial charge in [-0.1, -0.05) is 25.0 Å². The minimum absolute atomic E-state index is 0.0608. The molecule has 0 N–H and O–H groups in total. The third-order valence-corrected chi connectivity index (χ3v) is 12.3. The highest BCUT2D eigenvalue weighted by molar-refractivity contribution is 5.75. The van der Waals surface area contributed by atoms with Gasteiger partial charge >= 0.3 is 5.97 Å². The van der Waals surface area contributed by atoms with Crippen LogP contribution in [0.1, 0.15) is 77.6 Å². The molecule has 8 rings (SSSR count). The Morgan fingerprint density at radius 3 is 2.91 bits per heavy atom. The Balaban J connectivity index is 1.04. The molecule has 10 atom stereocenters. The van der Waals surface area contributed by atoms with Gasteiger partial charge in [-0.25, -0.2) is 0 Å².